The third-order valence-corrected chi connectivity index (χ3v) is 2.62. The molecule has 0 aliphatic heterocycles. The number of anilines is 1. The molecule has 0 unspecified atom stereocenters. The van der Waals surface area contributed by atoms with Gasteiger partial charge in [-0.2, -0.15) is 8.42 Å². The quantitative estimate of drug-likeness (QED) is 0.294. The van der Waals surface area contributed by atoms with Crippen LogP contribution in [0.1, 0.15) is 17.3 Å². The Bertz CT molecular complexity index is 520. The van der Waals surface area contributed by atoms with Gasteiger partial charge in [-0.05, 0) is 19.1 Å². The maximum atomic E-state index is 11.0. The summed E-state index contributed by atoms with van der Waals surface area (Å²) in [4.78, 5) is 10.5. The van der Waals surface area contributed by atoms with Gasteiger partial charge in [-0.1, -0.05) is 0 Å². The summed E-state index contributed by atoms with van der Waals surface area (Å²) < 4.78 is 30.3. The highest BCUT2D eigenvalue weighted by molar-refractivity contribution is 7.85. The van der Waals surface area contributed by atoms with Crippen LogP contribution in [0, 0.1) is 0 Å². The van der Waals surface area contributed by atoms with Crippen molar-refractivity contribution >= 4 is 21.6 Å². The molecule has 1 aromatic rings. The molecule has 6 nitrogen and oxygen atoms in total. The van der Waals surface area contributed by atoms with Crippen molar-refractivity contribution in [2.75, 3.05) is 5.73 Å². The average molecular weight is 231 g/mol. The second-order valence-corrected chi connectivity index (χ2v) is 4.36. The van der Waals surface area contributed by atoms with E-state index in [0.717, 1.165) is 19.1 Å². The van der Waals surface area contributed by atoms with Gasteiger partial charge in [0.05, 0.1) is 16.1 Å². The van der Waals surface area contributed by atoms with E-state index in [0.29, 0.717) is 0 Å². The Kier molecular flexibility index (Phi) is 2.69. The van der Waals surface area contributed by atoms with E-state index in [1.54, 1.807) is 0 Å². The molecule has 1 aromatic carbocycles. The standard InChI is InChI=1S/C8H9NO5S/c1-4(10)6-2-5(15(12,13)14)3-7(9)8(6)11/h2-3,11H,9H2,1H3,(H,12,13,14). The molecule has 4 N–H and O–H groups in total. The van der Waals surface area contributed by atoms with Crippen LogP contribution in [0.5, 0.6) is 5.75 Å². The summed E-state index contributed by atoms with van der Waals surface area (Å²) in [7, 11) is -4.44. The lowest BCUT2D eigenvalue weighted by Crippen LogP contribution is -2.04. The third-order valence-electron chi connectivity index (χ3n) is 1.79. The fourth-order valence-electron chi connectivity index (χ4n) is 1.05. The molecule has 0 saturated heterocycles. The summed E-state index contributed by atoms with van der Waals surface area (Å²) in [5.74, 6) is -1.04. The van der Waals surface area contributed by atoms with Gasteiger partial charge in [0.2, 0.25) is 0 Å². The Hall–Kier alpha value is -1.60. The van der Waals surface area contributed by atoms with Crippen LogP contribution in [0.4, 0.5) is 5.69 Å². The number of nitrogen functional groups attached to an aromatic ring is 1. The lowest BCUT2D eigenvalue weighted by Gasteiger charge is -2.06. The van der Waals surface area contributed by atoms with E-state index in [2.05, 4.69) is 0 Å². The van der Waals surface area contributed by atoms with E-state index in [4.69, 9.17) is 10.3 Å². The van der Waals surface area contributed by atoms with Gasteiger partial charge in [0.1, 0.15) is 5.75 Å². The molecule has 0 atom stereocenters. The second-order valence-electron chi connectivity index (χ2n) is 2.94. The van der Waals surface area contributed by atoms with Crippen molar-refractivity contribution in [1.29, 1.82) is 0 Å². The number of benzene rings is 1. The number of phenols is 1. The van der Waals surface area contributed by atoms with Crippen LogP contribution in [-0.4, -0.2) is 23.9 Å². The monoisotopic (exact) mass is 231 g/mol. The Balaban J connectivity index is 3.57. The van der Waals surface area contributed by atoms with Crippen LogP contribution in [0.3, 0.4) is 0 Å². The normalized spacial score (nSPS) is 11.3. The molecule has 0 aliphatic rings. The smallest absolute Gasteiger partial charge is 0.294 e. The first-order valence-electron chi connectivity index (χ1n) is 3.84. The number of nitrogens with two attached hydrogens (primary N) is 1. The molecular weight excluding hydrogens is 222 g/mol. The molecule has 0 spiro atoms. The van der Waals surface area contributed by atoms with E-state index in [1.165, 1.54) is 0 Å². The Morgan fingerprint density at radius 2 is 1.93 bits per heavy atom. The molecule has 0 aliphatic carbocycles. The van der Waals surface area contributed by atoms with Gasteiger partial charge in [0, 0.05) is 0 Å². The fourth-order valence-corrected chi connectivity index (χ4v) is 1.59. The highest BCUT2D eigenvalue weighted by Gasteiger charge is 2.17. The molecular formula is C8H9NO5S. The molecule has 0 bridgehead atoms. The van der Waals surface area contributed by atoms with Crippen LogP contribution < -0.4 is 5.73 Å². The molecule has 0 amide bonds. The van der Waals surface area contributed by atoms with Crippen molar-refractivity contribution in [2.24, 2.45) is 0 Å². The zero-order valence-electron chi connectivity index (χ0n) is 7.76. The van der Waals surface area contributed by atoms with Crippen molar-refractivity contribution in [3.63, 3.8) is 0 Å². The second kappa shape index (κ2) is 3.52. The average Bonchev–Trinajstić information content (AvgIpc) is 2.06. The van der Waals surface area contributed by atoms with Gasteiger partial charge in [0.25, 0.3) is 10.1 Å². The molecule has 15 heavy (non-hydrogen) atoms. The highest BCUT2D eigenvalue weighted by atomic mass is 32.2. The van der Waals surface area contributed by atoms with Crippen molar-refractivity contribution in [3.05, 3.63) is 17.7 Å². The maximum Gasteiger partial charge on any atom is 0.294 e. The fraction of sp³-hybridized carbons (Fsp3) is 0.125. The molecule has 0 aromatic heterocycles. The zero-order valence-corrected chi connectivity index (χ0v) is 8.58. The third kappa shape index (κ3) is 2.25. The van der Waals surface area contributed by atoms with Crippen molar-refractivity contribution in [3.8, 4) is 5.75 Å². The summed E-state index contributed by atoms with van der Waals surface area (Å²) in [6.45, 7) is 1.14. The van der Waals surface area contributed by atoms with Crippen LogP contribution in [0.25, 0.3) is 0 Å². The zero-order chi connectivity index (χ0) is 11.8. The first-order valence-corrected chi connectivity index (χ1v) is 5.28. The minimum Gasteiger partial charge on any atom is -0.505 e. The van der Waals surface area contributed by atoms with Gasteiger partial charge in [-0.3, -0.25) is 9.35 Å². The minimum absolute atomic E-state index is 0.248. The minimum atomic E-state index is -4.44. The predicted octanol–water partition coefficient (Wildman–Crippen LogP) is 0.424. The molecule has 0 saturated carbocycles. The number of hydrogen-bond acceptors (Lipinski definition) is 5. The van der Waals surface area contributed by atoms with Gasteiger partial charge >= 0.3 is 0 Å². The topological polar surface area (TPSA) is 118 Å². The molecule has 82 valence electrons. The predicted molar refractivity (Wildman–Crippen MR) is 52.3 cm³/mol. The Labute approximate surface area is 86.1 Å². The van der Waals surface area contributed by atoms with Crippen LogP contribution >= 0.6 is 0 Å². The summed E-state index contributed by atoms with van der Waals surface area (Å²) in [6, 6.07) is 1.74. The SMILES string of the molecule is CC(=O)c1cc(S(=O)(=O)O)cc(N)c1O. The van der Waals surface area contributed by atoms with E-state index in [1.807, 2.05) is 0 Å². The molecule has 1 rings (SSSR count). The highest BCUT2D eigenvalue weighted by Crippen LogP contribution is 2.28. The number of aromatic hydroxyl groups is 1. The Morgan fingerprint density at radius 1 is 1.40 bits per heavy atom. The molecule has 0 radical (unpaired) electrons. The number of hydrogen-bond donors (Lipinski definition) is 3. The Morgan fingerprint density at radius 3 is 2.33 bits per heavy atom. The van der Waals surface area contributed by atoms with E-state index < -0.39 is 26.5 Å². The number of carbonyl (C=O) groups excluding carboxylic acids is 1. The van der Waals surface area contributed by atoms with Gasteiger partial charge in [-0.25, -0.2) is 0 Å². The van der Waals surface area contributed by atoms with Gasteiger partial charge < -0.3 is 10.8 Å². The van der Waals surface area contributed by atoms with Crippen LogP contribution in [-0.2, 0) is 10.1 Å². The summed E-state index contributed by atoms with van der Waals surface area (Å²) >= 11 is 0. The molecule has 7 heteroatoms. The van der Waals surface area contributed by atoms with Crippen molar-refractivity contribution in [1.82, 2.24) is 0 Å². The maximum absolute atomic E-state index is 11.0. The molecule has 0 heterocycles. The summed E-state index contributed by atoms with van der Waals surface area (Å²) in [5.41, 5.74) is 4.75. The number of carbonyl (C=O) groups is 1. The lowest BCUT2D eigenvalue weighted by molar-refractivity contribution is 0.101. The first kappa shape index (κ1) is 11.5. The van der Waals surface area contributed by atoms with E-state index in [-0.39, 0.29) is 11.3 Å². The number of phenolic OH excluding ortho intramolecular Hbond substituents is 1. The molecule has 0 fully saturated rings. The summed E-state index contributed by atoms with van der Waals surface area (Å²) in [5, 5.41) is 9.34. The number of Topliss-reactive ketones (excluding diaryl/α,β-unsaturated/α-hetero) is 1. The van der Waals surface area contributed by atoms with Crippen LogP contribution in [0.15, 0.2) is 17.0 Å². The number of rotatable bonds is 2. The lowest BCUT2D eigenvalue weighted by atomic mass is 10.1. The first-order chi connectivity index (χ1) is 6.73. The van der Waals surface area contributed by atoms with Crippen LogP contribution in [0.2, 0.25) is 0 Å². The van der Waals surface area contributed by atoms with Crippen molar-refractivity contribution < 1.29 is 22.9 Å². The van der Waals surface area contributed by atoms with E-state index in [9.17, 15) is 18.3 Å². The summed E-state index contributed by atoms with van der Waals surface area (Å²) in [6.07, 6.45) is 0. The van der Waals surface area contributed by atoms with Gasteiger partial charge in [-0.15, -0.1) is 0 Å². The number of ketones is 1. The van der Waals surface area contributed by atoms with Gasteiger partial charge in [0.15, 0.2) is 5.78 Å². The van der Waals surface area contributed by atoms with E-state index >= 15 is 0 Å². The largest absolute Gasteiger partial charge is 0.505 e. The van der Waals surface area contributed by atoms with Crippen molar-refractivity contribution in [2.45, 2.75) is 11.8 Å².